The SMILES string of the molecule is CCC(CNCc1nc(-c2ccc(OC3CCC(C(C)(C)C)CC3)cc2)cs1)C(=O)O. The van der Waals surface area contributed by atoms with E-state index in [1.54, 1.807) is 11.3 Å². The molecule has 1 aliphatic rings. The normalized spacial score (nSPS) is 20.4. The first-order chi connectivity index (χ1) is 14.8. The highest BCUT2D eigenvalue weighted by atomic mass is 32.1. The lowest BCUT2D eigenvalue weighted by molar-refractivity contribution is -0.141. The molecule has 1 unspecified atom stereocenters. The monoisotopic (exact) mass is 444 g/mol. The van der Waals surface area contributed by atoms with Gasteiger partial charge in [0, 0.05) is 24.0 Å². The van der Waals surface area contributed by atoms with E-state index >= 15 is 0 Å². The summed E-state index contributed by atoms with van der Waals surface area (Å²) in [5, 5.41) is 15.4. The van der Waals surface area contributed by atoms with Gasteiger partial charge in [0.1, 0.15) is 10.8 Å². The fourth-order valence-electron chi connectivity index (χ4n) is 4.23. The molecular formula is C25H36N2O3S. The number of aliphatic carboxylic acids is 1. The Balaban J connectivity index is 1.49. The third kappa shape index (κ3) is 6.78. The third-order valence-electron chi connectivity index (χ3n) is 6.41. The van der Waals surface area contributed by atoms with Gasteiger partial charge < -0.3 is 15.2 Å². The zero-order valence-corrected chi connectivity index (χ0v) is 20.0. The van der Waals surface area contributed by atoms with Gasteiger partial charge in [0.2, 0.25) is 0 Å². The molecule has 0 saturated heterocycles. The molecule has 1 saturated carbocycles. The van der Waals surface area contributed by atoms with Gasteiger partial charge in [0.05, 0.1) is 17.7 Å². The lowest BCUT2D eigenvalue weighted by Gasteiger charge is -2.36. The fourth-order valence-corrected chi connectivity index (χ4v) is 5.00. The van der Waals surface area contributed by atoms with E-state index < -0.39 is 5.97 Å². The standard InChI is InChI=1S/C25H36N2O3S/c1-5-17(24(28)29)14-26-15-23-27-22(16-31-23)18-6-10-20(11-7-18)30-21-12-8-19(9-13-21)25(2,3)4/h6-7,10-11,16-17,19,21,26H,5,8-9,12-15H2,1-4H3,(H,28,29). The summed E-state index contributed by atoms with van der Waals surface area (Å²) in [5.74, 6) is 0.620. The van der Waals surface area contributed by atoms with E-state index in [4.69, 9.17) is 14.8 Å². The number of hydrogen-bond donors (Lipinski definition) is 2. The van der Waals surface area contributed by atoms with Crippen molar-refractivity contribution in [3.63, 3.8) is 0 Å². The minimum absolute atomic E-state index is 0.319. The van der Waals surface area contributed by atoms with Crippen LogP contribution in [0.1, 0.15) is 64.8 Å². The first kappa shape index (κ1) is 23.7. The Bertz CT molecular complexity index is 833. The van der Waals surface area contributed by atoms with E-state index in [1.807, 2.05) is 19.1 Å². The molecule has 170 valence electrons. The Labute approximate surface area is 190 Å². The largest absolute Gasteiger partial charge is 0.490 e. The van der Waals surface area contributed by atoms with Gasteiger partial charge >= 0.3 is 5.97 Å². The zero-order valence-electron chi connectivity index (χ0n) is 19.2. The minimum Gasteiger partial charge on any atom is -0.490 e. The summed E-state index contributed by atoms with van der Waals surface area (Å²) in [6.45, 7) is 9.98. The number of rotatable bonds is 9. The topological polar surface area (TPSA) is 71.5 Å². The Hall–Kier alpha value is -1.92. The van der Waals surface area contributed by atoms with Gasteiger partial charge in [0.25, 0.3) is 0 Å². The molecule has 3 rings (SSSR count). The molecule has 1 aromatic heterocycles. The van der Waals surface area contributed by atoms with E-state index in [2.05, 4.69) is 43.6 Å². The van der Waals surface area contributed by atoms with Crippen LogP contribution in [-0.4, -0.2) is 28.7 Å². The maximum absolute atomic E-state index is 11.1. The van der Waals surface area contributed by atoms with Crippen molar-refractivity contribution in [2.24, 2.45) is 17.3 Å². The number of thiazole rings is 1. The van der Waals surface area contributed by atoms with Crippen molar-refractivity contribution >= 4 is 17.3 Å². The fraction of sp³-hybridized carbons (Fsp3) is 0.600. The van der Waals surface area contributed by atoms with Gasteiger partial charge in [-0.3, -0.25) is 4.79 Å². The molecule has 1 heterocycles. The Morgan fingerprint density at radius 2 is 1.90 bits per heavy atom. The Morgan fingerprint density at radius 1 is 1.23 bits per heavy atom. The van der Waals surface area contributed by atoms with Crippen LogP contribution in [0.4, 0.5) is 0 Å². The quantitative estimate of drug-likeness (QED) is 0.497. The van der Waals surface area contributed by atoms with Crippen molar-refractivity contribution in [1.82, 2.24) is 10.3 Å². The summed E-state index contributed by atoms with van der Waals surface area (Å²) in [6.07, 6.45) is 5.69. The van der Waals surface area contributed by atoms with Crippen molar-refractivity contribution in [2.45, 2.75) is 72.4 Å². The van der Waals surface area contributed by atoms with Crippen LogP contribution in [0.2, 0.25) is 0 Å². The van der Waals surface area contributed by atoms with Crippen LogP contribution < -0.4 is 10.1 Å². The van der Waals surface area contributed by atoms with Crippen molar-refractivity contribution in [3.8, 4) is 17.0 Å². The lowest BCUT2D eigenvalue weighted by Crippen LogP contribution is -2.30. The van der Waals surface area contributed by atoms with Crippen LogP contribution in [-0.2, 0) is 11.3 Å². The molecule has 0 amide bonds. The van der Waals surface area contributed by atoms with Crippen molar-refractivity contribution in [2.75, 3.05) is 6.54 Å². The van der Waals surface area contributed by atoms with E-state index in [0.717, 1.165) is 40.8 Å². The number of benzene rings is 1. The second kappa shape index (κ2) is 10.6. The highest BCUT2D eigenvalue weighted by Crippen LogP contribution is 2.38. The molecule has 0 spiro atoms. The molecule has 1 aliphatic carbocycles. The van der Waals surface area contributed by atoms with Gasteiger partial charge in [-0.2, -0.15) is 0 Å². The second-order valence-electron chi connectivity index (χ2n) is 9.68. The van der Waals surface area contributed by atoms with E-state index in [1.165, 1.54) is 12.8 Å². The summed E-state index contributed by atoms with van der Waals surface area (Å²) in [7, 11) is 0. The molecular weight excluding hydrogens is 408 g/mol. The Kier molecular flexibility index (Phi) is 8.11. The number of hydrogen-bond acceptors (Lipinski definition) is 5. The van der Waals surface area contributed by atoms with Crippen molar-refractivity contribution in [1.29, 1.82) is 0 Å². The first-order valence-corrected chi connectivity index (χ1v) is 12.3. The smallest absolute Gasteiger partial charge is 0.307 e. The van der Waals surface area contributed by atoms with Crippen molar-refractivity contribution in [3.05, 3.63) is 34.7 Å². The molecule has 5 nitrogen and oxygen atoms in total. The molecule has 0 bridgehead atoms. The third-order valence-corrected chi connectivity index (χ3v) is 7.26. The summed E-state index contributed by atoms with van der Waals surface area (Å²) in [5.41, 5.74) is 2.41. The van der Waals surface area contributed by atoms with Crippen LogP contribution in [0.25, 0.3) is 11.3 Å². The molecule has 2 aromatic rings. The number of carbonyl (C=O) groups is 1. The van der Waals surface area contributed by atoms with E-state index in [-0.39, 0.29) is 5.92 Å². The van der Waals surface area contributed by atoms with Crippen LogP contribution >= 0.6 is 11.3 Å². The summed E-state index contributed by atoms with van der Waals surface area (Å²) < 4.78 is 6.24. The van der Waals surface area contributed by atoms with E-state index in [0.29, 0.717) is 31.0 Å². The summed E-state index contributed by atoms with van der Waals surface area (Å²) in [4.78, 5) is 15.8. The van der Waals surface area contributed by atoms with Gasteiger partial charge in [-0.1, -0.05) is 27.7 Å². The van der Waals surface area contributed by atoms with Crippen LogP contribution in [0, 0.1) is 17.3 Å². The van der Waals surface area contributed by atoms with Gasteiger partial charge in [-0.15, -0.1) is 11.3 Å². The van der Waals surface area contributed by atoms with E-state index in [9.17, 15) is 4.79 Å². The number of carboxylic acids is 1. The van der Waals surface area contributed by atoms with Gasteiger partial charge in [0.15, 0.2) is 0 Å². The molecule has 1 atom stereocenters. The predicted octanol–water partition coefficient (Wildman–Crippen LogP) is 5.99. The average Bonchev–Trinajstić information content (AvgIpc) is 3.20. The molecule has 1 aromatic carbocycles. The molecule has 6 heteroatoms. The first-order valence-electron chi connectivity index (χ1n) is 11.4. The predicted molar refractivity (Wildman–Crippen MR) is 127 cm³/mol. The number of ether oxygens (including phenoxy) is 1. The minimum atomic E-state index is -0.751. The Morgan fingerprint density at radius 3 is 2.48 bits per heavy atom. The molecule has 0 radical (unpaired) electrons. The maximum Gasteiger partial charge on any atom is 0.307 e. The lowest BCUT2D eigenvalue weighted by atomic mass is 9.72. The second-order valence-corrected chi connectivity index (χ2v) is 10.6. The number of aromatic nitrogens is 1. The maximum atomic E-state index is 11.1. The number of nitrogens with one attached hydrogen (secondary N) is 1. The number of carboxylic acid groups (broad SMARTS) is 1. The van der Waals surface area contributed by atoms with Crippen LogP contribution in [0.5, 0.6) is 5.75 Å². The summed E-state index contributed by atoms with van der Waals surface area (Å²) >= 11 is 1.59. The molecule has 31 heavy (non-hydrogen) atoms. The van der Waals surface area contributed by atoms with Crippen molar-refractivity contribution < 1.29 is 14.6 Å². The highest BCUT2D eigenvalue weighted by Gasteiger charge is 2.30. The van der Waals surface area contributed by atoms with Crippen LogP contribution in [0.15, 0.2) is 29.6 Å². The summed E-state index contributed by atoms with van der Waals surface area (Å²) in [6, 6.07) is 8.22. The molecule has 0 aliphatic heterocycles. The van der Waals surface area contributed by atoms with Gasteiger partial charge in [-0.25, -0.2) is 4.98 Å². The highest BCUT2D eigenvalue weighted by molar-refractivity contribution is 7.09. The zero-order chi connectivity index (χ0) is 22.4. The number of nitrogens with zero attached hydrogens (tertiary/aromatic N) is 1. The van der Waals surface area contributed by atoms with Crippen LogP contribution in [0.3, 0.4) is 0 Å². The molecule has 2 N–H and O–H groups in total. The average molecular weight is 445 g/mol. The van der Waals surface area contributed by atoms with Gasteiger partial charge in [-0.05, 0) is 67.7 Å². The molecule has 1 fully saturated rings.